The molecule has 9 nitrogen and oxygen atoms in total. The third-order valence-electron chi connectivity index (χ3n) is 4.19. The molecule has 0 bridgehead atoms. The van der Waals surface area contributed by atoms with E-state index in [1.165, 1.54) is 14.0 Å². The molecule has 1 aliphatic rings. The number of carbonyl (C=O) groups excluding carboxylic acids is 2. The van der Waals surface area contributed by atoms with Crippen LogP contribution < -0.4 is 5.32 Å². The van der Waals surface area contributed by atoms with Crippen LogP contribution in [-0.4, -0.2) is 64.3 Å². The van der Waals surface area contributed by atoms with Crippen molar-refractivity contribution in [2.45, 2.75) is 45.8 Å². The molecular formula is C16H26N2O7. The van der Waals surface area contributed by atoms with E-state index in [2.05, 4.69) is 5.32 Å². The molecule has 3 N–H and O–H groups in total. The Labute approximate surface area is 146 Å². The molecule has 0 radical (unpaired) electrons. The van der Waals surface area contributed by atoms with Gasteiger partial charge in [-0.25, -0.2) is 4.79 Å². The van der Waals surface area contributed by atoms with E-state index >= 15 is 0 Å². The second-order valence-corrected chi connectivity index (χ2v) is 7.32. The summed E-state index contributed by atoms with van der Waals surface area (Å²) < 4.78 is 5.27. The first kappa shape index (κ1) is 20.7. The SMILES string of the molecule is CC(=O)NC[C@H]1CC(C(=O)O)[C@H](C(=O)O)[C@H]1N(C)C(=O)OC(C)(C)C. The lowest BCUT2D eigenvalue weighted by Gasteiger charge is -2.34. The number of nitrogens with zero attached hydrogens (tertiary/aromatic N) is 1. The van der Waals surface area contributed by atoms with Gasteiger partial charge in [-0.1, -0.05) is 0 Å². The highest BCUT2D eigenvalue weighted by Crippen LogP contribution is 2.40. The molecule has 1 unspecified atom stereocenters. The van der Waals surface area contributed by atoms with E-state index in [1.54, 1.807) is 20.8 Å². The Balaban J connectivity index is 3.14. The lowest BCUT2D eigenvalue weighted by molar-refractivity contribution is -0.153. The molecule has 0 spiro atoms. The van der Waals surface area contributed by atoms with E-state index < -0.39 is 47.4 Å². The van der Waals surface area contributed by atoms with Crippen molar-refractivity contribution in [3.63, 3.8) is 0 Å². The molecule has 1 aliphatic carbocycles. The Morgan fingerprint density at radius 2 is 1.72 bits per heavy atom. The van der Waals surface area contributed by atoms with E-state index in [0.29, 0.717) is 0 Å². The van der Waals surface area contributed by atoms with Crippen molar-refractivity contribution in [3.05, 3.63) is 0 Å². The first-order chi connectivity index (χ1) is 11.3. The molecule has 0 aromatic heterocycles. The zero-order valence-corrected chi connectivity index (χ0v) is 15.1. The van der Waals surface area contributed by atoms with Crippen molar-refractivity contribution in [1.82, 2.24) is 10.2 Å². The lowest BCUT2D eigenvalue weighted by Crippen LogP contribution is -2.50. The number of hydrogen-bond acceptors (Lipinski definition) is 5. The van der Waals surface area contributed by atoms with Crippen molar-refractivity contribution in [2.24, 2.45) is 17.8 Å². The molecule has 0 aliphatic heterocycles. The van der Waals surface area contributed by atoms with E-state index in [4.69, 9.17) is 4.74 Å². The van der Waals surface area contributed by atoms with Crippen molar-refractivity contribution >= 4 is 23.9 Å². The fourth-order valence-corrected chi connectivity index (χ4v) is 3.21. The smallest absolute Gasteiger partial charge is 0.410 e. The molecule has 0 heterocycles. The van der Waals surface area contributed by atoms with Crippen molar-refractivity contribution in [2.75, 3.05) is 13.6 Å². The minimum Gasteiger partial charge on any atom is -0.481 e. The van der Waals surface area contributed by atoms with Gasteiger partial charge in [0.05, 0.1) is 17.9 Å². The van der Waals surface area contributed by atoms with Crippen LogP contribution in [0.2, 0.25) is 0 Å². The summed E-state index contributed by atoms with van der Waals surface area (Å²) in [5.74, 6) is -5.79. The van der Waals surface area contributed by atoms with Gasteiger partial charge in [0.25, 0.3) is 0 Å². The second kappa shape index (κ2) is 7.71. The van der Waals surface area contributed by atoms with Crippen molar-refractivity contribution in [1.29, 1.82) is 0 Å². The third-order valence-corrected chi connectivity index (χ3v) is 4.19. The van der Waals surface area contributed by atoms with Crippen LogP contribution in [0.3, 0.4) is 0 Å². The Hall–Kier alpha value is -2.32. The van der Waals surface area contributed by atoms with Gasteiger partial charge in [0.1, 0.15) is 5.60 Å². The Morgan fingerprint density at radius 1 is 1.16 bits per heavy atom. The van der Waals surface area contributed by atoms with E-state index in [-0.39, 0.29) is 18.9 Å². The molecule has 0 aromatic carbocycles. The maximum atomic E-state index is 12.4. The summed E-state index contributed by atoms with van der Waals surface area (Å²) in [6.45, 7) is 6.43. The molecule has 25 heavy (non-hydrogen) atoms. The molecule has 4 atom stereocenters. The summed E-state index contributed by atoms with van der Waals surface area (Å²) in [5.41, 5.74) is -0.776. The first-order valence-electron chi connectivity index (χ1n) is 8.01. The van der Waals surface area contributed by atoms with Crippen molar-refractivity contribution in [3.8, 4) is 0 Å². The van der Waals surface area contributed by atoms with Gasteiger partial charge >= 0.3 is 18.0 Å². The highest BCUT2D eigenvalue weighted by molar-refractivity contribution is 5.82. The quantitative estimate of drug-likeness (QED) is 0.661. The molecule has 1 rings (SSSR count). The van der Waals surface area contributed by atoms with E-state index in [1.807, 2.05) is 0 Å². The van der Waals surface area contributed by atoms with Gasteiger partial charge in [-0.15, -0.1) is 0 Å². The van der Waals surface area contributed by atoms with Gasteiger partial charge < -0.3 is 25.2 Å². The predicted molar refractivity (Wildman–Crippen MR) is 86.8 cm³/mol. The summed E-state index contributed by atoms with van der Waals surface area (Å²) in [6.07, 6.45) is -0.688. The number of nitrogens with one attached hydrogen (secondary N) is 1. The standard InChI is InChI=1S/C16H26N2O7/c1-8(19)17-7-9-6-10(13(20)21)11(14(22)23)12(9)18(5)15(24)25-16(2,3)4/h9-12H,6-7H2,1-5H3,(H,17,19)(H,20,21)(H,22,23)/t9-,10?,11+,12+/m1/s1. The number of carboxylic acid groups (broad SMARTS) is 2. The second-order valence-electron chi connectivity index (χ2n) is 7.32. The number of hydrogen-bond donors (Lipinski definition) is 3. The number of carboxylic acids is 2. The highest BCUT2D eigenvalue weighted by Gasteiger charge is 2.53. The first-order valence-corrected chi connectivity index (χ1v) is 8.01. The van der Waals surface area contributed by atoms with Gasteiger partial charge in [-0.05, 0) is 33.1 Å². The predicted octanol–water partition coefficient (Wildman–Crippen LogP) is 0.780. The van der Waals surface area contributed by atoms with Crippen LogP contribution in [0.4, 0.5) is 4.79 Å². The Bertz CT molecular complexity index is 555. The molecule has 0 aromatic rings. The summed E-state index contributed by atoms with van der Waals surface area (Å²) in [7, 11) is 1.39. The molecule has 2 amide bonds. The van der Waals surface area contributed by atoms with Crippen LogP contribution in [0, 0.1) is 17.8 Å². The van der Waals surface area contributed by atoms with Gasteiger partial charge in [0, 0.05) is 20.5 Å². The average molecular weight is 358 g/mol. The van der Waals surface area contributed by atoms with E-state index in [0.717, 1.165) is 4.90 Å². The maximum Gasteiger partial charge on any atom is 0.410 e. The number of ether oxygens (including phenoxy) is 1. The normalized spacial score (nSPS) is 26.0. The summed E-state index contributed by atoms with van der Waals surface area (Å²) >= 11 is 0. The summed E-state index contributed by atoms with van der Waals surface area (Å²) in [5, 5.41) is 21.5. The summed E-state index contributed by atoms with van der Waals surface area (Å²) in [6, 6.07) is -0.903. The molecule has 1 saturated carbocycles. The Morgan fingerprint density at radius 3 is 2.12 bits per heavy atom. The van der Waals surface area contributed by atoms with Crippen molar-refractivity contribution < 1.29 is 34.1 Å². The van der Waals surface area contributed by atoms with Crippen LogP contribution in [0.5, 0.6) is 0 Å². The van der Waals surface area contributed by atoms with Gasteiger partial charge in [0.2, 0.25) is 5.91 Å². The summed E-state index contributed by atoms with van der Waals surface area (Å²) in [4.78, 5) is 47.8. The third kappa shape index (κ3) is 5.33. The number of carbonyl (C=O) groups is 4. The number of amides is 2. The number of aliphatic carboxylic acids is 2. The maximum absolute atomic E-state index is 12.4. The van der Waals surface area contributed by atoms with Gasteiger partial charge in [-0.2, -0.15) is 0 Å². The minimum absolute atomic E-state index is 0.0460. The minimum atomic E-state index is -1.29. The monoisotopic (exact) mass is 358 g/mol. The molecule has 0 saturated heterocycles. The van der Waals surface area contributed by atoms with Crippen LogP contribution in [-0.2, 0) is 19.1 Å². The van der Waals surface area contributed by atoms with Crippen LogP contribution >= 0.6 is 0 Å². The topological polar surface area (TPSA) is 133 Å². The molecule has 9 heteroatoms. The molecule has 1 fully saturated rings. The fraction of sp³-hybridized carbons (Fsp3) is 0.750. The van der Waals surface area contributed by atoms with Crippen LogP contribution in [0.15, 0.2) is 0 Å². The van der Waals surface area contributed by atoms with Gasteiger partial charge in [-0.3, -0.25) is 14.4 Å². The lowest BCUT2D eigenvalue weighted by atomic mass is 9.92. The fourth-order valence-electron chi connectivity index (χ4n) is 3.21. The zero-order valence-electron chi connectivity index (χ0n) is 15.1. The van der Waals surface area contributed by atoms with Crippen LogP contribution in [0.25, 0.3) is 0 Å². The molecular weight excluding hydrogens is 332 g/mol. The zero-order chi connectivity index (χ0) is 19.5. The number of rotatable bonds is 5. The van der Waals surface area contributed by atoms with Gasteiger partial charge in [0.15, 0.2) is 0 Å². The molecule has 142 valence electrons. The largest absolute Gasteiger partial charge is 0.481 e. The highest BCUT2D eigenvalue weighted by atomic mass is 16.6. The van der Waals surface area contributed by atoms with E-state index in [9.17, 15) is 29.4 Å². The Kier molecular flexibility index (Phi) is 6.39. The average Bonchev–Trinajstić information content (AvgIpc) is 2.82. The van der Waals surface area contributed by atoms with Crippen LogP contribution in [0.1, 0.15) is 34.1 Å².